The summed E-state index contributed by atoms with van der Waals surface area (Å²) < 4.78 is 38.3. The van der Waals surface area contributed by atoms with Crippen LogP contribution in [0.25, 0.3) is 5.57 Å². The molecule has 1 rings (SSSR count). The number of rotatable bonds is 2. The minimum absolute atomic E-state index is 0.121. The van der Waals surface area contributed by atoms with Gasteiger partial charge in [-0.05, 0) is 26.3 Å². The zero-order chi connectivity index (χ0) is 14.7. The van der Waals surface area contributed by atoms with Crippen LogP contribution >= 0.6 is 11.6 Å². The summed E-state index contributed by atoms with van der Waals surface area (Å²) in [6.45, 7) is 5.40. The van der Waals surface area contributed by atoms with Crippen LogP contribution in [-0.2, 0) is 0 Å². The van der Waals surface area contributed by atoms with Crippen molar-refractivity contribution < 1.29 is 13.2 Å². The SMILES string of the molecule is CC(C)(C)N=C/C(=C(\Cl)C(F)(F)F)c1ccccc1. The summed E-state index contributed by atoms with van der Waals surface area (Å²) >= 11 is 5.45. The molecule has 0 bridgehead atoms. The summed E-state index contributed by atoms with van der Waals surface area (Å²) in [5.41, 5.74) is -0.203. The molecule has 5 heteroatoms. The highest BCUT2D eigenvalue weighted by Gasteiger charge is 2.35. The maximum Gasteiger partial charge on any atom is 0.427 e. The molecule has 0 radical (unpaired) electrons. The quantitative estimate of drug-likeness (QED) is 0.674. The van der Waals surface area contributed by atoms with E-state index in [0.29, 0.717) is 5.56 Å². The van der Waals surface area contributed by atoms with Gasteiger partial charge in [-0.2, -0.15) is 13.2 Å². The largest absolute Gasteiger partial charge is 0.427 e. The van der Waals surface area contributed by atoms with Crippen LogP contribution in [0.15, 0.2) is 40.4 Å². The molecule has 0 unspecified atom stereocenters. The Morgan fingerprint density at radius 3 is 2.05 bits per heavy atom. The first kappa shape index (κ1) is 15.8. The molecule has 0 aliphatic rings. The van der Waals surface area contributed by atoms with E-state index >= 15 is 0 Å². The van der Waals surface area contributed by atoms with Crippen molar-refractivity contribution in [1.29, 1.82) is 0 Å². The van der Waals surface area contributed by atoms with E-state index in [1.165, 1.54) is 6.21 Å². The number of alkyl halides is 3. The number of halogens is 4. The molecule has 0 N–H and O–H groups in total. The van der Waals surface area contributed by atoms with Crippen molar-refractivity contribution in [2.45, 2.75) is 32.5 Å². The predicted molar refractivity (Wildman–Crippen MR) is 73.5 cm³/mol. The van der Waals surface area contributed by atoms with Crippen LogP contribution in [0, 0.1) is 0 Å². The molecular formula is C14H15ClF3N. The van der Waals surface area contributed by atoms with Crippen molar-refractivity contribution in [2.75, 3.05) is 0 Å². The van der Waals surface area contributed by atoms with Crippen molar-refractivity contribution in [3.05, 3.63) is 40.9 Å². The number of nitrogens with zero attached hydrogens (tertiary/aromatic N) is 1. The topological polar surface area (TPSA) is 12.4 Å². The fourth-order valence-electron chi connectivity index (χ4n) is 1.29. The van der Waals surface area contributed by atoms with Crippen molar-refractivity contribution in [1.82, 2.24) is 0 Å². The first-order valence-electron chi connectivity index (χ1n) is 5.69. The molecule has 0 fully saturated rings. The van der Waals surface area contributed by atoms with Crippen LogP contribution in [0.4, 0.5) is 13.2 Å². The molecule has 0 aliphatic carbocycles. The number of allylic oxidation sites excluding steroid dienone is 2. The third-order valence-electron chi connectivity index (χ3n) is 2.15. The Kier molecular flexibility index (Phi) is 4.80. The van der Waals surface area contributed by atoms with Crippen LogP contribution in [0.3, 0.4) is 0 Å². The molecule has 1 aromatic carbocycles. The molecule has 0 heterocycles. The summed E-state index contributed by atoms with van der Waals surface area (Å²) in [6.07, 6.45) is -3.40. The van der Waals surface area contributed by atoms with Gasteiger partial charge in [0.1, 0.15) is 5.03 Å². The third kappa shape index (κ3) is 5.07. The van der Waals surface area contributed by atoms with E-state index in [1.54, 1.807) is 51.1 Å². The van der Waals surface area contributed by atoms with E-state index in [1.807, 2.05) is 0 Å². The highest BCUT2D eigenvalue weighted by atomic mass is 35.5. The zero-order valence-electron chi connectivity index (χ0n) is 10.9. The second-order valence-corrected chi connectivity index (χ2v) is 5.40. The molecule has 19 heavy (non-hydrogen) atoms. The van der Waals surface area contributed by atoms with Gasteiger partial charge in [0.25, 0.3) is 0 Å². The van der Waals surface area contributed by atoms with E-state index in [9.17, 15) is 13.2 Å². The summed E-state index contributed by atoms with van der Waals surface area (Å²) in [7, 11) is 0. The molecule has 0 saturated heterocycles. The second kappa shape index (κ2) is 5.78. The van der Waals surface area contributed by atoms with Gasteiger partial charge >= 0.3 is 6.18 Å². The van der Waals surface area contributed by atoms with E-state index in [0.717, 1.165) is 0 Å². The Balaban J connectivity index is 3.33. The molecule has 0 aromatic heterocycles. The van der Waals surface area contributed by atoms with Crippen molar-refractivity contribution in [2.24, 2.45) is 4.99 Å². The Hall–Kier alpha value is -1.29. The minimum Gasteiger partial charge on any atom is -0.287 e. The lowest BCUT2D eigenvalue weighted by Crippen LogP contribution is -2.13. The fourth-order valence-corrected chi connectivity index (χ4v) is 1.44. The first-order chi connectivity index (χ1) is 8.61. The summed E-state index contributed by atoms with van der Waals surface area (Å²) in [6, 6.07) is 8.17. The molecule has 0 spiro atoms. The van der Waals surface area contributed by atoms with Gasteiger partial charge in [-0.25, -0.2) is 0 Å². The van der Waals surface area contributed by atoms with Gasteiger partial charge in [0.05, 0.1) is 5.54 Å². The van der Waals surface area contributed by atoms with Gasteiger partial charge in [0.15, 0.2) is 0 Å². The number of hydrogen-bond acceptors (Lipinski definition) is 1. The Morgan fingerprint density at radius 2 is 1.63 bits per heavy atom. The number of aliphatic imine (C=N–C) groups is 1. The number of benzene rings is 1. The van der Waals surface area contributed by atoms with E-state index in [2.05, 4.69) is 4.99 Å². The van der Waals surface area contributed by atoms with Crippen LogP contribution in [-0.4, -0.2) is 17.9 Å². The molecule has 1 nitrogen and oxygen atoms in total. The summed E-state index contributed by atoms with van der Waals surface area (Å²) in [4.78, 5) is 4.10. The molecule has 0 aliphatic heterocycles. The fraction of sp³-hybridized carbons (Fsp3) is 0.357. The normalized spacial score (nSPS) is 14.7. The molecule has 1 aromatic rings. The smallest absolute Gasteiger partial charge is 0.287 e. The van der Waals surface area contributed by atoms with Crippen molar-refractivity contribution in [3.63, 3.8) is 0 Å². The molecule has 0 amide bonds. The lowest BCUT2D eigenvalue weighted by atomic mass is 10.1. The minimum atomic E-state index is -4.59. The van der Waals surface area contributed by atoms with Crippen LogP contribution < -0.4 is 0 Å². The van der Waals surface area contributed by atoms with Gasteiger partial charge in [0, 0.05) is 11.8 Å². The predicted octanol–water partition coefficient (Wildman–Crippen LogP) is 5.07. The lowest BCUT2D eigenvalue weighted by Gasteiger charge is -2.14. The molecular weight excluding hydrogens is 275 g/mol. The average Bonchev–Trinajstić information content (AvgIpc) is 2.27. The van der Waals surface area contributed by atoms with Gasteiger partial charge in [-0.15, -0.1) is 0 Å². The van der Waals surface area contributed by atoms with Crippen molar-refractivity contribution >= 4 is 23.4 Å². The van der Waals surface area contributed by atoms with E-state index < -0.39 is 16.7 Å². The van der Waals surface area contributed by atoms with Gasteiger partial charge in [-0.1, -0.05) is 41.9 Å². The molecule has 0 atom stereocenters. The van der Waals surface area contributed by atoms with E-state index in [-0.39, 0.29) is 5.57 Å². The maximum absolute atomic E-state index is 12.8. The van der Waals surface area contributed by atoms with E-state index in [4.69, 9.17) is 11.6 Å². The van der Waals surface area contributed by atoms with Crippen LogP contribution in [0.5, 0.6) is 0 Å². The first-order valence-corrected chi connectivity index (χ1v) is 6.07. The maximum atomic E-state index is 12.8. The van der Waals surface area contributed by atoms with Gasteiger partial charge in [-0.3, -0.25) is 4.99 Å². The van der Waals surface area contributed by atoms with Crippen LogP contribution in [0.1, 0.15) is 26.3 Å². The van der Waals surface area contributed by atoms with Crippen LogP contribution in [0.2, 0.25) is 0 Å². The summed E-state index contributed by atoms with van der Waals surface area (Å²) in [5, 5.41) is -1.16. The molecule has 0 saturated carbocycles. The average molecular weight is 290 g/mol. The third-order valence-corrected chi connectivity index (χ3v) is 2.57. The summed E-state index contributed by atoms with van der Waals surface area (Å²) in [5.74, 6) is 0. The Bertz CT molecular complexity index is 482. The monoisotopic (exact) mass is 289 g/mol. The Morgan fingerprint density at radius 1 is 1.11 bits per heavy atom. The highest BCUT2D eigenvalue weighted by molar-refractivity contribution is 6.37. The zero-order valence-corrected chi connectivity index (χ0v) is 11.7. The Labute approximate surface area is 115 Å². The van der Waals surface area contributed by atoms with Gasteiger partial charge in [0.2, 0.25) is 0 Å². The van der Waals surface area contributed by atoms with Crippen molar-refractivity contribution in [3.8, 4) is 0 Å². The van der Waals surface area contributed by atoms with Gasteiger partial charge < -0.3 is 0 Å². The highest BCUT2D eigenvalue weighted by Crippen LogP contribution is 2.34. The standard InChI is InChI=1S/C14H15ClF3N/c1-13(2,3)19-9-11(12(15)14(16,17)18)10-7-5-4-6-8-10/h4-9H,1-3H3/b12-11+,19-9?. The second-order valence-electron chi connectivity index (χ2n) is 5.02. The number of hydrogen-bond donors (Lipinski definition) is 0. The lowest BCUT2D eigenvalue weighted by molar-refractivity contribution is -0.0838. The molecule has 104 valence electrons.